The van der Waals surface area contributed by atoms with Crippen molar-refractivity contribution in [1.29, 1.82) is 0 Å². The number of piperazine rings is 1. The van der Waals surface area contributed by atoms with E-state index in [9.17, 15) is 0 Å². The highest BCUT2D eigenvalue weighted by atomic mass is 15.3. The zero-order valence-electron chi connectivity index (χ0n) is 17.7. The zero-order chi connectivity index (χ0) is 20.5. The van der Waals surface area contributed by atoms with Crippen LogP contribution in [0.25, 0.3) is 21.9 Å². The number of para-hydroxylation sites is 2. The van der Waals surface area contributed by atoms with Crippen LogP contribution in [0.3, 0.4) is 0 Å². The molecule has 6 heteroatoms. The number of fused-ring (bicyclic) bond motifs is 3. The average molecular weight is 401 g/mol. The van der Waals surface area contributed by atoms with Crippen molar-refractivity contribution in [2.75, 3.05) is 56.6 Å². The molecule has 1 aliphatic rings. The Morgan fingerprint density at radius 3 is 2.33 bits per heavy atom. The van der Waals surface area contributed by atoms with Gasteiger partial charge in [-0.3, -0.25) is 0 Å². The Morgan fingerprint density at radius 2 is 1.57 bits per heavy atom. The van der Waals surface area contributed by atoms with Crippen molar-refractivity contribution in [1.82, 2.24) is 19.4 Å². The van der Waals surface area contributed by atoms with E-state index in [-0.39, 0.29) is 0 Å². The van der Waals surface area contributed by atoms with Gasteiger partial charge < -0.3 is 19.3 Å². The zero-order valence-corrected chi connectivity index (χ0v) is 17.7. The van der Waals surface area contributed by atoms with Crippen LogP contribution in [0.15, 0.2) is 60.9 Å². The molecule has 154 valence electrons. The molecule has 0 atom stereocenters. The Bertz CT molecular complexity index is 1140. The molecule has 2 aromatic heterocycles. The third-order valence-corrected chi connectivity index (χ3v) is 5.92. The molecule has 0 saturated carbocycles. The molecule has 5 rings (SSSR count). The van der Waals surface area contributed by atoms with Crippen LogP contribution >= 0.6 is 0 Å². The molecule has 1 saturated heterocycles. The molecule has 4 aromatic rings. The molecule has 6 nitrogen and oxygen atoms in total. The predicted octanol–water partition coefficient (Wildman–Crippen LogP) is 3.47. The summed E-state index contributed by atoms with van der Waals surface area (Å²) < 4.78 is 2.28. The number of likely N-dealkylation sites (N-methyl/N-ethyl adjacent to an activating group) is 1. The highest BCUT2D eigenvalue weighted by Gasteiger charge is 2.23. The summed E-state index contributed by atoms with van der Waals surface area (Å²) in [5, 5.41) is 1.18. The molecule has 0 amide bonds. The molecular formula is C24H28N6. The number of anilines is 2. The maximum atomic E-state index is 5.05. The first kappa shape index (κ1) is 18.9. The second kappa shape index (κ2) is 7.95. The van der Waals surface area contributed by atoms with Crippen LogP contribution in [0.2, 0.25) is 0 Å². The maximum Gasteiger partial charge on any atom is 0.157 e. The van der Waals surface area contributed by atoms with Gasteiger partial charge in [-0.05, 0) is 32.3 Å². The van der Waals surface area contributed by atoms with Gasteiger partial charge in [0.05, 0.1) is 17.4 Å². The quantitative estimate of drug-likeness (QED) is 0.513. The molecule has 30 heavy (non-hydrogen) atoms. The number of aromatic nitrogens is 3. The van der Waals surface area contributed by atoms with Gasteiger partial charge in [0, 0.05) is 50.3 Å². The minimum Gasteiger partial charge on any atom is -0.368 e. The fourth-order valence-corrected chi connectivity index (χ4v) is 4.28. The Balaban J connectivity index is 1.50. The van der Waals surface area contributed by atoms with Gasteiger partial charge in [0.25, 0.3) is 0 Å². The predicted molar refractivity (Wildman–Crippen MR) is 124 cm³/mol. The molecular weight excluding hydrogens is 372 g/mol. The number of hydrogen-bond acceptors (Lipinski definition) is 5. The van der Waals surface area contributed by atoms with Gasteiger partial charge in [-0.1, -0.05) is 36.4 Å². The van der Waals surface area contributed by atoms with Gasteiger partial charge in [0.15, 0.2) is 5.82 Å². The van der Waals surface area contributed by atoms with Crippen LogP contribution in [0.5, 0.6) is 0 Å². The van der Waals surface area contributed by atoms with E-state index >= 15 is 0 Å². The van der Waals surface area contributed by atoms with Gasteiger partial charge in [0.1, 0.15) is 5.52 Å². The highest BCUT2D eigenvalue weighted by molar-refractivity contribution is 6.06. The minimum absolute atomic E-state index is 0.915. The van der Waals surface area contributed by atoms with Gasteiger partial charge >= 0.3 is 0 Å². The highest BCUT2D eigenvalue weighted by Crippen LogP contribution is 2.31. The largest absolute Gasteiger partial charge is 0.368 e. The summed E-state index contributed by atoms with van der Waals surface area (Å²) in [5.74, 6) is 1.01. The molecule has 0 bridgehead atoms. The van der Waals surface area contributed by atoms with Crippen molar-refractivity contribution in [3.05, 3.63) is 60.9 Å². The van der Waals surface area contributed by atoms with E-state index in [1.807, 2.05) is 6.33 Å². The number of imidazole rings is 1. The van der Waals surface area contributed by atoms with E-state index in [0.717, 1.165) is 56.1 Å². The molecule has 2 aromatic carbocycles. The monoisotopic (exact) mass is 400 g/mol. The minimum atomic E-state index is 0.915. The molecule has 1 aliphatic heterocycles. The van der Waals surface area contributed by atoms with E-state index in [4.69, 9.17) is 9.97 Å². The van der Waals surface area contributed by atoms with Gasteiger partial charge in [-0.2, -0.15) is 0 Å². The first-order valence-corrected chi connectivity index (χ1v) is 10.6. The second-order valence-electron chi connectivity index (χ2n) is 8.20. The Morgan fingerprint density at radius 1 is 0.867 bits per heavy atom. The van der Waals surface area contributed by atoms with E-state index in [0.29, 0.717) is 0 Å². The van der Waals surface area contributed by atoms with Crippen LogP contribution in [0.1, 0.15) is 0 Å². The van der Waals surface area contributed by atoms with Gasteiger partial charge in [0.2, 0.25) is 0 Å². The van der Waals surface area contributed by atoms with Crippen LogP contribution in [-0.4, -0.2) is 66.3 Å². The fraction of sp³-hybridized carbons (Fsp3) is 0.333. The Hall–Kier alpha value is -3.12. The first-order valence-electron chi connectivity index (χ1n) is 10.6. The topological polar surface area (TPSA) is 40.4 Å². The Labute approximate surface area is 177 Å². The third kappa shape index (κ3) is 3.48. The van der Waals surface area contributed by atoms with E-state index in [1.54, 1.807) is 0 Å². The van der Waals surface area contributed by atoms with Crippen molar-refractivity contribution in [3.8, 4) is 0 Å². The maximum absolute atomic E-state index is 5.05. The van der Waals surface area contributed by atoms with Crippen molar-refractivity contribution in [2.45, 2.75) is 6.54 Å². The van der Waals surface area contributed by atoms with E-state index in [1.165, 1.54) is 16.6 Å². The second-order valence-corrected chi connectivity index (χ2v) is 8.20. The summed E-state index contributed by atoms with van der Waals surface area (Å²) in [6, 6.07) is 19.1. The fourth-order valence-electron chi connectivity index (χ4n) is 4.28. The lowest BCUT2D eigenvalue weighted by molar-refractivity contribution is 0.386. The van der Waals surface area contributed by atoms with Crippen LogP contribution in [0.4, 0.5) is 11.5 Å². The lowest BCUT2D eigenvalue weighted by Crippen LogP contribution is -2.46. The number of pyridine rings is 1. The summed E-state index contributed by atoms with van der Waals surface area (Å²) >= 11 is 0. The molecule has 0 radical (unpaired) electrons. The SMILES string of the molecule is CN(C)CCn1cnc2c(N3CCN(c4ccccc4)CC3)nc3ccccc3c21. The van der Waals surface area contributed by atoms with E-state index in [2.05, 4.69) is 88.0 Å². The molecule has 3 heterocycles. The lowest BCUT2D eigenvalue weighted by atomic mass is 10.1. The van der Waals surface area contributed by atoms with Crippen LogP contribution in [0, 0.1) is 0 Å². The average Bonchev–Trinajstić information content (AvgIpc) is 3.22. The van der Waals surface area contributed by atoms with Crippen LogP contribution in [-0.2, 0) is 6.54 Å². The number of nitrogens with zero attached hydrogens (tertiary/aromatic N) is 6. The molecule has 1 fully saturated rings. The summed E-state index contributed by atoms with van der Waals surface area (Å²) in [6.07, 6.45) is 1.98. The standard InChI is InChI=1S/C24H28N6/c1-27(2)12-13-30-18-25-22-23(30)20-10-6-7-11-21(20)26-24(22)29-16-14-28(15-17-29)19-8-4-3-5-9-19/h3-11,18H,12-17H2,1-2H3. The molecule has 0 N–H and O–H groups in total. The summed E-state index contributed by atoms with van der Waals surface area (Å²) in [7, 11) is 4.22. The Kier molecular flexibility index (Phi) is 5.01. The molecule has 0 spiro atoms. The van der Waals surface area contributed by atoms with Crippen LogP contribution < -0.4 is 9.80 Å². The van der Waals surface area contributed by atoms with Crippen molar-refractivity contribution in [3.63, 3.8) is 0 Å². The van der Waals surface area contributed by atoms with E-state index < -0.39 is 0 Å². The summed E-state index contributed by atoms with van der Waals surface area (Å²) in [4.78, 5) is 16.9. The smallest absolute Gasteiger partial charge is 0.157 e. The van der Waals surface area contributed by atoms with Gasteiger partial charge in [-0.15, -0.1) is 0 Å². The number of hydrogen-bond donors (Lipinski definition) is 0. The number of benzene rings is 2. The van der Waals surface area contributed by atoms with Crippen molar-refractivity contribution < 1.29 is 0 Å². The van der Waals surface area contributed by atoms with Crippen molar-refractivity contribution in [2.24, 2.45) is 0 Å². The van der Waals surface area contributed by atoms with Crippen molar-refractivity contribution >= 4 is 33.4 Å². The van der Waals surface area contributed by atoms with Gasteiger partial charge in [-0.25, -0.2) is 9.97 Å². The summed E-state index contributed by atoms with van der Waals surface area (Å²) in [5.41, 5.74) is 4.54. The summed E-state index contributed by atoms with van der Waals surface area (Å²) in [6.45, 7) is 5.76. The molecule has 0 unspecified atom stereocenters. The number of rotatable bonds is 5. The lowest BCUT2D eigenvalue weighted by Gasteiger charge is -2.36. The normalized spacial score (nSPS) is 14.9. The molecule has 0 aliphatic carbocycles. The third-order valence-electron chi connectivity index (χ3n) is 5.92. The first-order chi connectivity index (χ1) is 14.7.